The first kappa shape index (κ1) is 31.9. The van der Waals surface area contributed by atoms with E-state index in [0.29, 0.717) is 23.1 Å². The van der Waals surface area contributed by atoms with Crippen LogP contribution in [-0.4, -0.2) is 21.3 Å². The van der Waals surface area contributed by atoms with Crippen molar-refractivity contribution in [3.05, 3.63) is 50.6 Å². The number of carbonyl (C=O) groups is 1. The number of ether oxygens (including phenoxy) is 1. The van der Waals surface area contributed by atoms with Crippen molar-refractivity contribution >= 4 is 42.5 Å². The minimum absolute atomic E-state index is 0.107. The van der Waals surface area contributed by atoms with Crippen LogP contribution in [0.5, 0.6) is 11.5 Å². The molecule has 222 valence electrons. The lowest BCUT2D eigenvalue weighted by atomic mass is 9.76. The van der Waals surface area contributed by atoms with E-state index >= 15 is 0 Å². The van der Waals surface area contributed by atoms with Gasteiger partial charge in [0.25, 0.3) is 8.32 Å². The number of benzene rings is 2. The van der Waals surface area contributed by atoms with E-state index in [1.807, 2.05) is 12.1 Å². The van der Waals surface area contributed by atoms with Crippen LogP contribution in [0, 0.1) is 26.7 Å². The molecule has 2 aliphatic rings. The van der Waals surface area contributed by atoms with Gasteiger partial charge >= 0.3 is 0 Å². The number of nitrogens with one attached hydrogen (secondary N) is 1. The molecule has 0 atom stereocenters. The molecule has 1 N–H and O–H groups in total. The zero-order valence-corrected chi connectivity index (χ0v) is 28.9. The van der Waals surface area contributed by atoms with Crippen LogP contribution >= 0.6 is 22.6 Å². The van der Waals surface area contributed by atoms with Crippen molar-refractivity contribution in [2.24, 2.45) is 11.8 Å². The van der Waals surface area contributed by atoms with Crippen LogP contribution in [0.1, 0.15) is 101 Å². The number of halogens is 1. The Bertz CT molecular complexity index is 1270. The molecule has 2 aromatic carbocycles. The summed E-state index contributed by atoms with van der Waals surface area (Å²) >= 11 is 2.46. The lowest BCUT2D eigenvalue weighted by Crippen LogP contribution is -2.44. The Hall–Kier alpha value is -2.05. The molecule has 5 nitrogen and oxygen atoms in total. The van der Waals surface area contributed by atoms with Crippen LogP contribution in [0.25, 0.3) is 0 Å². The first-order valence-electron chi connectivity index (χ1n) is 15.3. The number of carbonyl (C=O) groups excluding carboxylic acids is 1. The van der Waals surface area contributed by atoms with Crippen LogP contribution in [0.4, 0.5) is 5.69 Å². The Kier molecular flexibility index (Phi) is 10.5. The quantitative estimate of drug-likeness (QED) is 0.222. The molecule has 2 fully saturated rings. The Morgan fingerprint density at radius 2 is 1.68 bits per heavy atom. The molecule has 2 aliphatic carbocycles. The van der Waals surface area contributed by atoms with Gasteiger partial charge in [0, 0.05) is 11.6 Å². The first-order valence-corrected chi connectivity index (χ1v) is 19.3. The Morgan fingerprint density at radius 1 is 1.02 bits per heavy atom. The second kappa shape index (κ2) is 13.5. The zero-order valence-electron chi connectivity index (χ0n) is 25.7. The van der Waals surface area contributed by atoms with Crippen molar-refractivity contribution in [3.63, 3.8) is 0 Å². The summed E-state index contributed by atoms with van der Waals surface area (Å²) < 4.78 is 13.3. The molecule has 0 aliphatic heterocycles. The Labute approximate surface area is 262 Å². The maximum atomic E-state index is 13.3. The number of hydrogen-bond donors (Lipinski definition) is 1. The second-order valence-electron chi connectivity index (χ2n) is 13.6. The Morgan fingerprint density at radius 3 is 2.29 bits per heavy atom. The van der Waals surface area contributed by atoms with E-state index in [9.17, 15) is 10.1 Å². The number of nitriles is 1. The van der Waals surface area contributed by atoms with Crippen LogP contribution < -0.4 is 14.5 Å². The first-order chi connectivity index (χ1) is 19.4. The average Bonchev–Trinajstić information content (AvgIpc) is 2.96. The summed E-state index contributed by atoms with van der Waals surface area (Å²) in [7, 11) is -0.402. The van der Waals surface area contributed by atoms with E-state index in [2.05, 4.69) is 86.0 Å². The molecule has 2 saturated carbocycles. The summed E-state index contributed by atoms with van der Waals surface area (Å²) in [6.45, 7) is 11.4. The third-order valence-corrected chi connectivity index (χ3v) is 15.3. The van der Waals surface area contributed by atoms with Crippen molar-refractivity contribution in [1.82, 2.24) is 0 Å². The fourth-order valence-corrected chi connectivity index (χ4v) is 8.11. The summed E-state index contributed by atoms with van der Waals surface area (Å²) in [5, 5.41) is 13.0. The molecule has 41 heavy (non-hydrogen) atoms. The van der Waals surface area contributed by atoms with Crippen molar-refractivity contribution in [3.8, 4) is 17.6 Å². The largest absolute Gasteiger partial charge is 0.543 e. The predicted octanol–water partition coefficient (Wildman–Crippen LogP) is 9.59. The van der Waals surface area contributed by atoms with Crippen molar-refractivity contribution in [1.29, 1.82) is 5.26 Å². The molecule has 0 spiro atoms. The highest BCUT2D eigenvalue weighted by Gasteiger charge is 2.39. The predicted molar refractivity (Wildman–Crippen MR) is 178 cm³/mol. The van der Waals surface area contributed by atoms with E-state index < -0.39 is 8.32 Å². The van der Waals surface area contributed by atoms with Crippen LogP contribution in [0.15, 0.2) is 30.3 Å². The van der Waals surface area contributed by atoms with Gasteiger partial charge in [0.2, 0.25) is 5.91 Å². The fraction of sp³-hybridized carbons (Fsp3) is 0.588. The van der Waals surface area contributed by atoms with Crippen LogP contribution in [0.3, 0.4) is 0 Å². The number of anilines is 1. The van der Waals surface area contributed by atoms with E-state index in [0.717, 1.165) is 72.8 Å². The van der Waals surface area contributed by atoms with E-state index in [1.165, 1.54) is 17.5 Å². The van der Waals surface area contributed by atoms with E-state index in [1.54, 1.807) is 7.11 Å². The van der Waals surface area contributed by atoms with Crippen molar-refractivity contribution < 1.29 is 14.0 Å². The lowest BCUT2D eigenvalue weighted by Gasteiger charge is -2.37. The Balaban J connectivity index is 1.54. The smallest absolute Gasteiger partial charge is 0.250 e. The molecule has 7 heteroatoms. The topological polar surface area (TPSA) is 71.3 Å². The summed E-state index contributed by atoms with van der Waals surface area (Å²) in [5.74, 6) is 2.90. The SMILES string of the molecule is COc1ccc(C2CCC(Cc3c(NC(=O)C4CCCCC4)ccc(O[Si](C)(C)C(C)(C)C)c3I)CC2)cc1C#N. The third-order valence-electron chi connectivity index (χ3n) is 9.77. The highest BCUT2D eigenvalue weighted by Crippen LogP contribution is 2.43. The molecular weight excluding hydrogens is 639 g/mol. The number of rotatable bonds is 8. The number of hydrogen-bond acceptors (Lipinski definition) is 4. The van der Waals surface area contributed by atoms with Gasteiger partial charge in [0.1, 0.15) is 17.6 Å². The molecule has 2 aromatic rings. The minimum atomic E-state index is -2.01. The standard InChI is InChI=1S/C34H47IN2O3Si/c1-34(2,3)41(5,6)40-31-19-17-29(37-33(38)25-10-8-7-9-11-25)28(32(31)35)20-23-12-14-24(15-13-23)26-16-18-30(39-4)27(21-26)22-36/h16-19,21,23-25H,7-15,20H2,1-6H3,(H,37,38). The molecule has 0 unspecified atom stereocenters. The monoisotopic (exact) mass is 686 g/mol. The molecule has 0 bridgehead atoms. The second-order valence-corrected chi connectivity index (χ2v) is 19.4. The highest BCUT2D eigenvalue weighted by atomic mass is 127. The summed E-state index contributed by atoms with van der Waals surface area (Å²) in [6.07, 6.45) is 10.9. The molecule has 0 radical (unpaired) electrons. The molecule has 0 heterocycles. The van der Waals surface area contributed by atoms with Gasteiger partial charge in [-0.15, -0.1) is 0 Å². The van der Waals surface area contributed by atoms with Crippen molar-refractivity contribution in [2.75, 3.05) is 12.4 Å². The van der Waals surface area contributed by atoms with Crippen LogP contribution in [0.2, 0.25) is 18.1 Å². The van der Waals surface area contributed by atoms with E-state index in [4.69, 9.17) is 9.16 Å². The van der Waals surface area contributed by atoms with Crippen LogP contribution in [-0.2, 0) is 11.2 Å². The van der Waals surface area contributed by atoms with Gasteiger partial charge in [-0.1, -0.05) is 46.1 Å². The lowest BCUT2D eigenvalue weighted by molar-refractivity contribution is -0.120. The normalized spacial score (nSPS) is 20.2. The van der Waals surface area contributed by atoms with Gasteiger partial charge < -0.3 is 14.5 Å². The fourth-order valence-electron chi connectivity index (χ4n) is 6.08. The minimum Gasteiger partial charge on any atom is -0.543 e. The van der Waals surface area contributed by atoms with Gasteiger partial charge in [-0.3, -0.25) is 4.79 Å². The third kappa shape index (κ3) is 7.67. The van der Waals surface area contributed by atoms with Gasteiger partial charge in [0.15, 0.2) is 0 Å². The molecule has 1 amide bonds. The molecule has 0 aromatic heterocycles. The summed E-state index contributed by atoms with van der Waals surface area (Å²) in [6, 6.07) is 12.5. The molecule has 4 rings (SSSR count). The number of methoxy groups -OCH3 is 1. The number of amides is 1. The summed E-state index contributed by atoms with van der Waals surface area (Å²) in [4.78, 5) is 13.3. The molecular formula is C34H47IN2O3Si. The maximum absolute atomic E-state index is 13.3. The van der Waals surface area contributed by atoms with Gasteiger partial charge in [-0.2, -0.15) is 5.26 Å². The van der Waals surface area contributed by atoms with E-state index in [-0.39, 0.29) is 16.9 Å². The number of nitrogens with zero attached hydrogens (tertiary/aromatic N) is 1. The zero-order chi connectivity index (χ0) is 29.8. The highest BCUT2D eigenvalue weighted by molar-refractivity contribution is 14.1. The maximum Gasteiger partial charge on any atom is 0.250 e. The van der Waals surface area contributed by atoms with Gasteiger partial charge in [0.05, 0.1) is 16.2 Å². The average molecular weight is 687 g/mol. The summed E-state index contributed by atoms with van der Waals surface area (Å²) in [5.41, 5.74) is 4.04. The molecule has 0 saturated heterocycles. The van der Waals surface area contributed by atoms with Gasteiger partial charge in [-0.05, 0) is 133 Å². The van der Waals surface area contributed by atoms with Crippen molar-refractivity contribution in [2.45, 2.75) is 109 Å². The van der Waals surface area contributed by atoms with Gasteiger partial charge in [-0.25, -0.2) is 0 Å².